The summed E-state index contributed by atoms with van der Waals surface area (Å²) in [5.74, 6) is -0.208. The van der Waals surface area contributed by atoms with Gasteiger partial charge in [-0.2, -0.15) is 0 Å². The number of rotatable bonds is 5. The van der Waals surface area contributed by atoms with Crippen LogP contribution in [0.2, 0.25) is 5.02 Å². The molecular formula is C16H16ClNO3. The Hall–Kier alpha value is -2.20. The lowest BCUT2D eigenvalue weighted by Crippen LogP contribution is -2.04. The van der Waals surface area contributed by atoms with Crippen molar-refractivity contribution in [3.63, 3.8) is 0 Å². The third-order valence-electron chi connectivity index (χ3n) is 3.22. The first kappa shape index (κ1) is 15.2. The van der Waals surface area contributed by atoms with E-state index in [1.807, 2.05) is 12.1 Å². The SMILES string of the molecule is COc1cccc(Cl)c1CNc1ccc(C(=O)O)c(C)c1. The molecule has 0 aliphatic heterocycles. The highest BCUT2D eigenvalue weighted by Gasteiger charge is 2.09. The Kier molecular flexibility index (Phi) is 4.70. The number of ether oxygens (including phenoxy) is 1. The van der Waals surface area contributed by atoms with Crippen LogP contribution < -0.4 is 10.1 Å². The van der Waals surface area contributed by atoms with Crippen molar-refractivity contribution in [2.75, 3.05) is 12.4 Å². The van der Waals surface area contributed by atoms with E-state index in [0.29, 0.717) is 28.4 Å². The van der Waals surface area contributed by atoms with Gasteiger partial charge in [0.25, 0.3) is 0 Å². The molecule has 0 aliphatic rings. The molecular weight excluding hydrogens is 290 g/mol. The normalized spacial score (nSPS) is 10.2. The van der Waals surface area contributed by atoms with Gasteiger partial charge in [0, 0.05) is 22.8 Å². The van der Waals surface area contributed by atoms with Crippen LogP contribution in [0.1, 0.15) is 21.5 Å². The minimum atomic E-state index is -0.924. The molecule has 0 atom stereocenters. The number of aryl methyl sites for hydroxylation is 1. The number of anilines is 1. The Morgan fingerprint density at radius 3 is 2.71 bits per heavy atom. The minimum Gasteiger partial charge on any atom is -0.496 e. The molecule has 0 fully saturated rings. The van der Waals surface area contributed by atoms with Crippen LogP contribution in [0, 0.1) is 6.92 Å². The Labute approximate surface area is 128 Å². The fraction of sp³-hybridized carbons (Fsp3) is 0.188. The molecule has 0 radical (unpaired) electrons. The van der Waals surface area contributed by atoms with Crippen LogP contribution in [0.25, 0.3) is 0 Å². The lowest BCUT2D eigenvalue weighted by molar-refractivity contribution is 0.0696. The number of nitrogens with one attached hydrogen (secondary N) is 1. The van der Waals surface area contributed by atoms with E-state index in [2.05, 4.69) is 5.32 Å². The standard InChI is InChI=1S/C16H16ClNO3/c1-10-8-11(6-7-12(10)16(19)20)18-9-13-14(17)4-3-5-15(13)21-2/h3-8,18H,9H2,1-2H3,(H,19,20). The Bertz CT molecular complexity index is 671. The molecule has 0 bridgehead atoms. The highest BCUT2D eigenvalue weighted by molar-refractivity contribution is 6.31. The molecule has 2 aromatic rings. The van der Waals surface area contributed by atoms with Crippen LogP contribution in [0.4, 0.5) is 5.69 Å². The summed E-state index contributed by atoms with van der Waals surface area (Å²) in [5, 5.41) is 12.9. The molecule has 2 rings (SSSR count). The summed E-state index contributed by atoms with van der Waals surface area (Å²) >= 11 is 6.17. The molecule has 2 N–H and O–H groups in total. The average Bonchev–Trinajstić information content (AvgIpc) is 2.45. The summed E-state index contributed by atoms with van der Waals surface area (Å²) in [6.45, 7) is 2.26. The number of hydrogen-bond donors (Lipinski definition) is 2. The molecule has 5 heteroatoms. The van der Waals surface area contributed by atoms with Crippen LogP contribution in [-0.2, 0) is 6.54 Å². The van der Waals surface area contributed by atoms with Crippen LogP contribution in [-0.4, -0.2) is 18.2 Å². The first-order valence-electron chi connectivity index (χ1n) is 6.42. The summed E-state index contributed by atoms with van der Waals surface area (Å²) in [5.41, 5.74) is 2.70. The highest BCUT2D eigenvalue weighted by atomic mass is 35.5. The summed E-state index contributed by atoms with van der Waals surface area (Å²) in [4.78, 5) is 11.0. The number of carboxylic acids is 1. The Morgan fingerprint density at radius 2 is 2.10 bits per heavy atom. The molecule has 0 saturated carbocycles. The third kappa shape index (κ3) is 3.47. The summed E-state index contributed by atoms with van der Waals surface area (Å²) in [6.07, 6.45) is 0. The van der Waals surface area contributed by atoms with E-state index in [4.69, 9.17) is 21.4 Å². The number of halogens is 1. The second-order valence-electron chi connectivity index (χ2n) is 4.61. The second-order valence-corrected chi connectivity index (χ2v) is 5.02. The van der Waals surface area contributed by atoms with Crippen molar-refractivity contribution in [1.29, 1.82) is 0 Å². The molecule has 4 nitrogen and oxygen atoms in total. The maximum Gasteiger partial charge on any atom is 0.335 e. The zero-order valence-corrected chi connectivity index (χ0v) is 12.6. The Morgan fingerprint density at radius 1 is 1.33 bits per heavy atom. The van der Waals surface area contributed by atoms with Gasteiger partial charge in [-0.1, -0.05) is 17.7 Å². The van der Waals surface area contributed by atoms with E-state index in [9.17, 15) is 4.79 Å². The van der Waals surface area contributed by atoms with Gasteiger partial charge in [0.2, 0.25) is 0 Å². The molecule has 0 unspecified atom stereocenters. The largest absolute Gasteiger partial charge is 0.496 e. The van der Waals surface area contributed by atoms with E-state index >= 15 is 0 Å². The Balaban J connectivity index is 2.17. The van der Waals surface area contributed by atoms with Gasteiger partial charge in [0.1, 0.15) is 5.75 Å². The highest BCUT2D eigenvalue weighted by Crippen LogP contribution is 2.27. The van der Waals surface area contributed by atoms with Crippen LogP contribution in [0.3, 0.4) is 0 Å². The summed E-state index contributed by atoms with van der Waals surface area (Å²) in [6, 6.07) is 10.6. The van der Waals surface area contributed by atoms with Crippen molar-refractivity contribution in [1.82, 2.24) is 0 Å². The van der Waals surface area contributed by atoms with Crippen LogP contribution >= 0.6 is 11.6 Å². The molecule has 0 amide bonds. The van der Waals surface area contributed by atoms with Gasteiger partial charge in [-0.3, -0.25) is 0 Å². The fourth-order valence-corrected chi connectivity index (χ4v) is 2.34. The molecule has 0 aliphatic carbocycles. The zero-order valence-electron chi connectivity index (χ0n) is 11.8. The second kappa shape index (κ2) is 6.50. The van der Waals surface area contributed by atoms with Gasteiger partial charge in [0.05, 0.1) is 12.7 Å². The molecule has 21 heavy (non-hydrogen) atoms. The fourth-order valence-electron chi connectivity index (χ4n) is 2.11. The first-order valence-corrected chi connectivity index (χ1v) is 6.80. The maximum absolute atomic E-state index is 11.0. The topological polar surface area (TPSA) is 58.6 Å². The molecule has 0 aromatic heterocycles. The third-order valence-corrected chi connectivity index (χ3v) is 3.58. The van der Waals surface area contributed by atoms with Crippen molar-refractivity contribution >= 4 is 23.3 Å². The molecule has 0 heterocycles. The molecule has 0 saturated heterocycles. The monoisotopic (exact) mass is 305 g/mol. The van der Waals surface area contributed by atoms with E-state index in [1.54, 1.807) is 38.3 Å². The molecule has 2 aromatic carbocycles. The number of carboxylic acid groups (broad SMARTS) is 1. The van der Waals surface area contributed by atoms with Crippen molar-refractivity contribution in [2.24, 2.45) is 0 Å². The van der Waals surface area contributed by atoms with E-state index in [0.717, 1.165) is 11.3 Å². The zero-order chi connectivity index (χ0) is 15.4. The number of carbonyl (C=O) groups is 1. The van der Waals surface area contributed by atoms with E-state index < -0.39 is 5.97 Å². The van der Waals surface area contributed by atoms with Crippen LogP contribution in [0.15, 0.2) is 36.4 Å². The number of methoxy groups -OCH3 is 1. The number of benzene rings is 2. The lowest BCUT2D eigenvalue weighted by Gasteiger charge is -2.13. The number of aromatic carboxylic acids is 1. The minimum absolute atomic E-state index is 0.302. The smallest absolute Gasteiger partial charge is 0.335 e. The van der Waals surface area contributed by atoms with Gasteiger partial charge >= 0.3 is 5.97 Å². The van der Waals surface area contributed by atoms with Crippen molar-refractivity contribution in [2.45, 2.75) is 13.5 Å². The van der Waals surface area contributed by atoms with E-state index in [1.165, 1.54) is 0 Å². The predicted molar refractivity (Wildman–Crippen MR) is 83.5 cm³/mol. The lowest BCUT2D eigenvalue weighted by atomic mass is 10.1. The maximum atomic E-state index is 11.0. The predicted octanol–water partition coefficient (Wildman–Crippen LogP) is 3.97. The van der Waals surface area contributed by atoms with Gasteiger partial charge < -0.3 is 15.2 Å². The van der Waals surface area contributed by atoms with Crippen LogP contribution in [0.5, 0.6) is 5.75 Å². The number of hydrogen-bond acceptors (Lipinski definition) is 3. The van der Waals surface area contributed by atoms with Gasteiger partial charge in [-0.15, -0.1) is 0 Å². The van der Waals surface area contributed by atoms with Crippen molar-refractivity contribution in [3.8, 4) is 5.75 Å². The van der Waals surface area contributed by atoms with E-state index in [-0.39, 0.29) is 0 Å². The van der Waals surface area contributed by atoms with Crippen molar-refractivity contribution < 1.29 is 14.6 Å². The van der Waals surface area contributed by atoms with Crippen molar-refractivity contribution in [3.05, 3.63) is 58.1 Å². The first-order chi connectivity index (χ1) is 10.0. The molecule has 0 spiro atoms. The van der Waals surface area contributed by atoms with Gasteiger partial charge in [-0.25, -0.2) is 4.79 Å². The van der Waals surface area contributed by atoms with Gasteiger partial charge in [-0.05, 0) is 42.8 Å². The average molecular weight is 306 g/mol. The molecule has 110 valence electrons. The summed E-state index contributed by atoms with van der Waals surface area (Å²) < 4.78 is 5.29. The summed E-state index contributed by atoms with van der Waals surface area (Å²) in [7, 11) is 1.60. The quantitative estimate of drug-likeness (QED) is 0.877. The van der Waals surface area contributed by atoms with Gasteiger partial charge in [0.15, 0.2) is 0 Å².